The van der Waals surface area contributed by atoms with Gasteiger partial charge in [-0.3, -0.25) is 15.0 Å². The minimum atomic E-state index is -0.762. The first-order valence-electron chi connectivity index (χ1n) is 11.1. The second kappa shape index (κ2) is 9.53. The number of anilines is 1. The van der Waals surface area contributed by atoms with E-state index < -0.39 is 16.6 Å². The van der Waals surface area contributed by atoms with Gasteiger partial charge in [-0.25, -0.2) is 19.4 Å². The largest absolute Gasteiger partial charge is 0.443 e. The van der Waals surface area contributed by atoms with Crippen LogP contribution >= 0.6 is 11.6 Å². The number of nitrogens with zero attached hydrogens (tertiary/aromatic N) is 8. The van der Waals surface area contributed by atoms with Crippen molar-refractivity contribution in [1.82, 2.24) is 29.4 Å². The van der Waals surface area contributed by atoms with Crippen molar-refractivity contribution in [2.75, 3.05) is 4.90 Å². The molecule has 0 aromatic carbocycles. The number of nitro groups is 1. The molecule has 0 radical (unpaired) electrons. The van der Waals surface area contributed by atoms with Gasteiger partial charge in [-0.05, 0) is 38.8 Å². The summed E-state index contributed by atoms with van der Waals surface area (Å²) in [6, 6.07) is 6.64. The predicted octanol–water partition coefficient (Wildman–Crippen LogP) is 4.94. The highest BCUT2D eigenvalue weighted by Crippen LogP contribution is 2.28. The average molecular weight is 513 g/mol. The molecule has 0 saturated heterocycles. The number of ether oxygens (including phenoxy) is 1. The number of halogens is 1. The second-order valence-electron chi connectivity index (χ2n) is 9.38. The molecule has 188 valence electrons. The molecule has 0 aliphatic heterocycles. The number of amides is 1. The van der Waals surface area contributed by atoms with E-state index in [0.717, 1.165) is 11.8 Å². The molecule has 4 heterocycles. The third kappa shape index (κ3) is 5.28. The molecule has 4 aromatic rings. The van der Waals surface area contributed by atoms with Crippen molar-refractivity contribution >= 4 is 34.8 Å². The summed E-state index contributed by atoms with van der Waals surface area (Å²) in [6.45, 7) is 9.34. The molecule has 1 amide bonds. The summed E-state index contributed by atoms with van der Waals surface area (Å²) in [5.74, 6) is 0.838. The normalized spacial score (nSPS) is 11.8. The summed E-state index contributed by atoms with van der Waals surface area (Å²) in [5.41, 5.74) is 0.969. The van der Waals surface area contributed by atoms with Gasteiger partial charge in [0.1, 0.15) is 29.0 Å². The molecular weight excluding hydrogens is 488 g/mol. The smallest absolute Gasteiger partial charge is 0.416 e. The maximum Gasteiger partial charge on any atom is 0.416 e. The number of pyridine rings is 1. The second-order valence-corrected chi connectivity index (χ2v) is 9.77. The van der Waals surface area contributed by atoms with Crippen molar-refractivity contribution in [3.8, 4) is 5.82 Å². The third-order valence-electron chi connectivity index (χ3n) is 5.09. The summed E-state index contributed by atoms with van der Waals surface area (Å²) < 4.78 is 8.52. The van der Waals surface area contributed by atoms with Crippen LogP contribution in [0.2, 0.25) is 5.15 Å². The Kier molecular flexibility index (Phi) is 6.63. The SMILES string of the molecule is CC(C)c1cnn2c(N(Cc3cccc(-n4cc([N+](=O)[O-])cn4)n3)C(=O)OC(C)(C)C)cc(Cl)nc12. The van der Waals surface area contributed by atoms with Crippen LogP contribution in [-0.2, 0) is 11.3 Å². The van der Waals surface area contributed by atoms with Crippen molar-refractivity contribution in [3.05, 3.63) is 69.4 Å². The molecule has 0 spiro atoms. The monoisotopic (exact) mass is 512 g/mol. The third-order valence-corrected chi connectivity index (χ3v) is 5.28. The Morgan fingerprint density at radius 2 is 1.97 bits per heavy atom. The Morgan fingerprint density at radius 3 is 2.61 bits per heavy atom. The standard InChI is InChI=1S/C23H25ClN8O4/c1-14(2)17-11-26-31-20(9-18(24)28-21(17)31)29(22(33)36-23(3,4)5)12-15-7-6-8-19(27-15)30-13-16(10-25-30)32(34)35/h6-11,13-14H,12H2,1-5H3. The Bertz CT molecular complexity index is 1440. The van der Waals surface area contributed by atoms with Gasteiger partial charge in [0.2, 0.25) is 0 Å². The zero-order valence-corrected chi connectivity index (χ0v) is 21.2. The zero-order chi connectivity index (χ0) is 26.2. The number of carbonyl (C=O) groups is 1. The molecule has 4 aromatic heterocycles. The van der Waals surface area contributed by atoms with Crippen LogP contribution in [0.1, 0.15) is 51.8 Å². The van der Waals surface area contributed by atoms with Crippen molar-refractivity contribution < 1.29 is 14.5 Å². The van der Waals surface area contributed by atoms with Crippen LogP contribution in [0, 0.1) is 10.1 Å². The maximum atomic E-state index is 13.4. The van der Waals surface area contributed by atoms with E-state index in [1.165, 1.54) is 21.8 Å². The average Bonchev–Trinajstić information content (AvgIpc) is 3.44. The van der Waals surface area contributed by atoms with E-state index in [-0.39, 0.29) is 23.3 Å². The van der Waals surface area contributed by atoms with Gasteiger partial charge >= 0.3 is 11.8 Å². The van der Waals surface area contributed by atoms with Gasteiger partial charge in [0.05, 0.1) is 23.4 Å². The molecule has 36 heavy (non-hydrogen) atoms. The molecular formula is C23H25ClN8O4. The van der Waals surface area contributed by atoms with Gasteiger partial charge in [-0.1, -0.05) is 31.5 Å². The van der Waals surface area contributed by atoms with Gasteiger partial charge in [0.15, 0.2) is 11.5 Å². The van der Waals surface area contributed by atoms with Gasteiger partial charge in [-0.2, -0.15) is 14.7 Å². The highest BCUT2D eigenvalue weighted by atomic mass is 35.5. The summed E-state index contributed by atoms with van der Waals surface area (Å²) in [4.78, 5) is 34.2. The van der Waals surface area contributed by atoms with E-state index in [2.05, 4.69) is 20.2 Å². The first kappa shape index (κ1) is 25.0. The number of hydrogen-bond donors (Lipinski definition) is 0. The van der Waals surface area contributed by atoms with Crippen LogP contribution in [0.3, 0.4) is 0 Å². The van der Waals surface area contributed by atoms with Crippen molar-refractivity contribution in [2.45, 2.75) is 52.7 Å². The van der Waals surface area contributed by atoms with E-state index in [4.69, 9.17) is 16.3 Å². The fourth-order valence-corrected chi connectivity index (χ4v) is 3.65. The first-order chi connectivity index (χ1) is 16.9. The Morgan fingerprint density at radius 1 is 1.22 bits per heavy atom. The number of fused-ring (bicyclic) bond motifs is 1. The van der Waals surface area contributed by atoms with E-state index in [1.54, 1.807) is 49.7 Å². The highest BCUT2D eigenvalue weighted by Gasteiger charge is 2.28. The maximum absolute atomic E-state index is 13.4. The minimum Gasteiger partial charge on any atom is -0.443 e. The van der Waals surface area contributed by atoms with Crippen LogP contribution < -0.4 is 4.90 Å². The van der Waals surface area contributed by atoms with Gasteiger partial charge < -0.3 is 4.74 Å². The molecule has 4 rings (SSSR count). The number of aromatic nitrogens is 6. The Hall–Kier alpha value is -4.06. The molecule has 0 aliphatic rings. The summed E-state index contributed by atoms with van der Waals surface area (Å²) in [7, 11) is 0. The summed E-state index contributed by atoms with van der Waals surface area (Å²) in [5, 5.41) is 19.7. The van der Waals surface area contributed by atoms with Gasteiger partial charge in [-0.15, -0.1) is 0 Å². The van der Waals surface area contributed by atoms with Gasteiger partial charge in [0.25, 0.3) is 0 Å². The van der Waals surface area contributed by atoms with E-state index in [0.29, 0.717) is 23.0 Å². The van der Waals surface area contributed by atoms with Crippen LogP contribution in [0.5, 0.6) is 0 Å². The van der Waals surface area contributed by atoms with Crippen LogP contribution in [-0.4, -0.2) is 46.0 Å². The fraction of sp³-hybridized carbons (Fsp3) is 0.348. The molecule has 0 unspecified atom stereocenters. The molecule has 0 atom stereocenters. The quantitative estimate of drug-likeness (QED) is 0.201. The van der Waals surface area contributed by atoms with Crippen LogP contribution in [0.4, 0.5) is 16.3 Å². The van der Waals surface area contributed by atoms with Crippen LogP contribution in [0.25, 0.3) is 11.5 Å². The topological polar surface area (TPSA) is 134 Å². The lowest BCUT2D eigenvalue weighted by Crippen LogP contribution is -2.38. The summed E-state index contributed by atoms with van der Waals surface area (Å²) >= 11 is 6.36. The highest BCUT2D eigenvalue weighted by molar-refractivity contribution is 6.29. The molecule has 12 nitrogen and oxygen atoms in total. The number of hydrogen-bond acceptors (Lipinski definition) is 8. The Labute approximate surface area is 211 Å². The van der Waals surface area contributed by atoms with Crippen molar-refractivity contribution in [3.63, 3.8) is 0 Å². The fourth-order valence-electron chi connectivity index (χ4n) is 3.47. The number of rotatable bonds is 6. The molecule has 0 fully saturated rings. The van der Waals surface area contributed by atoms with Crippen LogP contribution in [0.15, 0.2) is 42.9 Å². The molecule has 0 aliphatic carbocycles. The summed E-state index contributed by atoms with van der Waals surface area (Å²) in [6.07, 6.45) is 3.47. The Balaban J connectivity index is 1.78. The zero-order valence-electron chi connectivity index (χ0n) is 20.4. The lowest BCUT2D eigenvalue weighted by atomic mass is 10.1. The van der Waals surface area contributed by atoms with Crippen molar-refractivity contribution in [1.29, 1.82) is 0 Å². The minimum absolute atomic E-state index is 0.00156. The predicted molar refractivity (Wildman–Crippen MR) is 133 cm³/mol. The molecule has 13 heteroatoms. The lowest BCUT2D eigenvalue weighted by Gasteiger charge is -2.27. The molecule has 0 N–H and O–H groups in total. The van der Waals surface area contributed by atoms with E-state index in [9.17, 15) is 14.9 Å². The molecule has 0 saturated carbocycles. The molecule has 0 bridgehead atoms. The van der Waals surface area contributed by atoms with E-state index in [1.807, 2.05) is 13.8 Å². The van der Waals surface area contributed by atoms with E-state index >= 15 is 0 Å². The van der Waals surface area contributed by atoms with Gasteiger partial charge in [0, 0.05) is 11.6 Å². The first-order valence-corrected chi connectivity index (χ1v) is 11.5. The van der Waals surface area contributed by atoms with Crippen molar-refractivity contribution in [2.24, 2.45) is 0 Å². The number of carbonyl (C=O) groups excluding carboxylic acids is 1. The lowest BCUT2D eigenvalue weighted by molar-refractivity contribution is -0.384.